The van der Waals surface area contributed by atoms with Gasteiger partial charge in [-0.15, -0.1) is 0 Å². The lowest BCUT2D eigenvalue weighted by molar-refractivity contribution is -0.128. The maximum Gasteiger partial charge on any atom is 0.266 e. The zero-order valence-corrected chi connectivity index (χ0v) is 19.9. The fourth-order valence-corrected chi connectivity index (χ4v) is 4.83. The van der Waals surface area contributed by atoms with Gasteiger partial charge < -0.3 is 4.90 Å². The Balaban J connectivity index is 1.68. The number of rotatable bonds is 7. The number of hydrogen-bond donors (Lipinski definition) is 0. The van der Waals surface area contributed by atoms with Crippen LogP contribution in [0, 0.1) is 13.8 Å². The van der Waals surface area contributed by atoms with Crippen molar-refractivity contribution in [2.45, 2.75) is 32.5 Å². The molecule has 0 aliphatic heterocycles. The van der Waals surface area contributed by atoms with E-state index in [4.69, 9.17) is 4.98 Å². The van der Waals surface area contributed by atoms with Crippen molar-refractivity contribution in [1.29, 1.82) is 0 Å². The number of para-hydroxylation sites is 1. The summed E-state index contributed by atoms with van der Waals surface area (Å²) < 4.78 is 1.63. The van der Waals surface area contributed by atoms with Gasteiger partial charge in [-0.2, -0.15) is 0 Å². The van der Waals surface area contributed by atoms with Gasteiger partial charge in [0, 0.05) is 13.1 Å². The van der Waals surface area contributed by atoms with Crippen molar-refractivity contribution in [2.24, 2.45) is 0 Å². The standard InChI is InChI=1S/C27H27N3O2S/c1-4-29(17-21-10-6-5-7-11-21)25(31)18-33-27-28-24-13-9-8-12-23(24)26(32)30(27)22-15-19(2)14-20(3)16-22/h5-16H,4,17-18H2,1-3H3. The first-order valence-corrected chi connectivity index (χ1v) is 12.0. The van der Waals surface area contributed by atoms with Crippen LogP contribution in [0.4, 0.5) is 0 Å². The molecule has 168 valence electrons. The first-order chi connectivity index (χ1) is 16.0. The predicted octanol–water partition coefficient (Wildman–Crippen LogP) is 5.14. The first-order valence-electron chi connectivity index (χ1n) is 11.0. The zero-order valence-electron chi connectivity index (χ0n) is 19.1. The van der Waals surface area contributed by atoms with Gasteiger partial charge in [-0.1, -0.05) is 60.3 Å². The number of aromatic nitrogens is 2. The molecular weight excluding hydrogens is 430 g/mol. The molecule has 0 bridgehead atoms. The summed E-state index contributed by atoms with van der Waals surface area (Å²) in [7, 11) is 0. The summed E-state index contributed by atoms with van der Waals surface area (Å²) in [4.78, 5) is 33.1. The van der Waals surface area contributed by atoms with E-state index in [1.807, 2.05) is 86.3 Å². The van der Waals surface area contributed by atoms with Crippen LogP contribution in [0.3, 0.4) is 0 Å². The number of aryl methyl sites for hydroxylation is 2. The normalized spacial score (nSPS) is 11.0. The minimum absolute atomic E-state index is 0.0146. The summed E-state index contributed by atoms with van der Waals surface area (Å²) in [5.41, 5.74) is 4.50. The third-order valence-corrected chi connectivity index (χ3v) is 6.41. The molecule has 0 radical (unpaired) electrons. The van der Waals surface area contributed by atoms with E-state index >= 15 is 0 Å². The van der Waals surface area contributed by atoms with Gasteiger partial charge >= 0.3 is 0 Å². The lowest BCUT2D eigenvalue weighted by atomic mass is 10.1. The number of nitrogens with zero attached hydrogens (tertiary/aromatic N) is 3. The van der Waals surface area contributed by atoms with Crippen LogP contribution in [0.25, 0.3) is 16.6 Å². The molecule has 0 saturated heterocycles. The van der Waals surface area contributed by atoms with Gasteiger partial charge in [-0.25, -0.2) is 4.98 Å². The van der Waals surface area contributed by atoms with Crippen LogP contribution in [-0.2, 0) is 11.3 Å². The average Bonchev–Trinajstić information content (AvgIpc) is 2.81. The fraction of sp³-hybridized carbons (Fsp3) is 0.222. The van der Waals surface area contributed by atoms with Crippen molar-refractivity contribution >= 4 is 28.6 Å². The van der Waals surface area contributed by atoms with Crippen molar-refractivity contribution in [3.63, 3.8) is 0 Å². The molecule has 0 atom stereocenters. The highest BCUT2D eigenvalue weighted by molar-refractivity contribution is 7.99. The molecule has 0 spiro atoms. The quantitative estimate of drug-likeness (QED) is 0.285. The second-order valence-electron chi connectivity index (χ2n) is 8.08. The lowest BCUT2D eigenvalue weighted by Gasteiger charge is -2.21. The number of hydrogen-bond acceptors (Lipinski definition) is 4. The molecular formula is C27H27N3O2S. The van der Waals surface area contributed by atoms with Crippen molar-refractivity contribution in [3.05, 3.63) is 99.8 Å². The number of benzene rings is 3. The zero-order chi connectivity index (χ0) is 23.4. The summed E-state index contributed by atoms with van der Waals surface area (Å²) >= 11 is 1.31. The minimum atomic E-state index is -0.128. The highest BCUT2D eigenvalue weighted by Crippen LogP contribution is 2.23. The van der Waals surface area contributed by atoms with Crippen LogP contribution < -0.4 is 5.56 Å². The second kappa shape index (κ2) is 10.0. The van der Waals surface area contributed by atoms with E-state index in [0.29, 0.717) is 29.1 Å². The molecule has 3 aromatic carbocycles. The summed E-state index contributed by atoms with van der Waals surface area (Å²) in [5, 5.41) is 1.08. The van der Waals surface area contributed by atoms with E-state index in [0.717, 1.165) is 22.4 Å². The van der Waals surface area contributed by atoms with E-state index in [1.54, 1.807) is 10.6 Å². The lowest BCUT2D eigenvalue weighted by Crippen LogP contribution is -2.32. The van der Waals surface area contributed by atoms with Gasteiger partial charge in [0.25, 0.3) is 5.56 Å². The van der Waals surface area contributed by atoms with Crippen molar-refractivity contribution in [2.75, 3.05) is 12.3 Å². The van der Waals surface area contributed by atoms with E-state index in [1.165, 1.54) is 11.8 Å². The molecule has 4 rings (SSSR count). The largest absolute Gasteiger partial charge is 0.338 e. The fourth-order valence-electron chi connectivity index (χ4n) is 3.91. The van der Waals surface area contributed by atoms with Crippen LogP contribution in [0.1, 0.15) is 23.6 Å². The Hall–Kier alpha value is -3.38. The topological polar surface area (TPSA) is 55.2 Å². The van der Waals surface area contributed by atoms with Gasteiger partial charge in [0.15, 0.2) is 5.16 Å². The average molecular weight is 458 g/mol. The molecule has 5 nitrogen and oxygen atoms in total. The highest BCUT2D eigenvalue weighted by Gasteiger charge is 2.18. The van der Waals surface area contributed by atoms with E-state index in [2.05, 4.69) is 6.07 Å². The Morgan fingerprint density at radius 3 is 2.33 bits per heavy atom. The van der Waals surface area contributed by atoms with Crippen molar-refractivity contribution in [3.8, 4) is 5.69 Å². The Bertz CT molecular complexity index is 1330. The third kappa shape index (κ3) is 5.17. The van der Waals surface area contributed by atoms with Gasteiger partial charge in [0.1, 0.15) is 0 Å². The smallest absolute Gasteiger partial charge is 0.266 e. The highest BCUT2D eigenvalue weighted by atomic mass is 32.2. The first kappa shape index (κ1) is 22.8. The molecule has 0 aliphatic rings. The molecule has 1 heterocycles. The number of fused-ring (bicyclic) bond motifs is 1. The minimum Gasteiger partial charge on any atom is -0.338 e. The molecule has 4 aromatic rings. The Morgan fingerprint density at radius 2 is 1.64 bits per heavy atom. The van der Waals surface area contributed by atoms with Crippen molar-refractivity contribution in [1.82, 2.24) is 14.5 Å². The van der Waals surface area contributed by atoms with Gasteiger partial charge in [-0.05, 0) is 61.7 Å². The number of carbonyl (C=O) groups excluding carboxylic acids is 1. The van der Waals surface area contributed by atoms with Crippen LogP contribution in [0.5, 0.6) is 0 Å². The third-order valence-electron chi connectivity index (χ3n) is 5.49. The summed E-state index contributed by atoms with van der Waals surface area (Å²) in [6.07, 6.45) is 0. The van der Waals surface area contributed by atoms with E-state index in [9.17, 15) is 9.59 Å². The molecule has 0 aliphatic carbocycles. The molecule has 33 heavy (non-hydrogen) atoms. The van der Waals surface area contributed by atoms with Crippen molar-refractivity contribution < 1.29 is 4.79 Å². The number of amides is 1. The van der Waals surface area contributed by atoms with Gasteiger partial charge in [-0.3, -0.25) is 14.2 Å². The number of thioether (sulfide) groups is 1. The van der Waals surface area contributed by atoms with Crippen LogP contribution in [-0.4, -0.2) is 32.7 Å². The van der Waals surface area contributed by atoms with Crippen LogP contribution in [0.2, 0.25) is 0 Å². The van der Waals surface area contributed by atoms with Gasteiger partial charge in [0.2, 0.25) is 5.91 Å². The van der Waals surface area contributed by atoms with Gasteiger partial charge in [0.05, 0.1) is 22.3 Å². The SMILES string of the molecule is CCN(Cc1ccccc1)C(=O)CSc1nc2ccccc2c(=O)n1-c1cc(C)cc(C)c1. The Morgan fingerprint density at radius 1 is 0.970 bits per heavy atom. The molecule has 6 heteroatoms. The van der Waals surface area contributed by atoms with Crippen LogP contribution >= 0.6 is 11.8 Å². The molecule has 1 aromatic heterocycles. The van der Waals surface area contributed by atoms with E-state index < -0.39 is 0 Å². The Labute approximate surface area is 198 Å². The number of carbonyl (C=O) groups is 1. The monoisotopic (exact) mass is 457 g/mol. The molecule has 0 unspecified atom stereocenters. The maximum absolute atomic E-state index is 13.5. The summed E-state index contributed by atoms with van der Waals surface area (Å²) in [6, 6.07) is 23.3. The molecule has 0 saturated carbocycles. The predicted molar refractivity (Wildman–Crippen MR) is 135 cm³/mol. The Kier molecular flexibility index (Phi) is 6.94. The van der Waals surface area contributed by atoms with Crippen LogP contribution in [0.15, 0.2) is 82.7 Å². The summed E-state index contributed by atoms with van der Waals surface area (Å²) in [6.45, 7) is 7.17. The second-order valence-corrected chi connectivity index (χ2v) is 9.02. The molecule has 0 fully saturated rings. The molecule has 0 N–H and O–H groups in total. The molecule has 1 amide bonds. The van der Waals surface area contributed by atoms with E-state index in [-0.39, 0.29) is 17.2 Å². The summed E-state index contributed by atoms with van der Waals surface area (Å²) in [5.74, 6) is 0.219. The maximum atomic E-state index is 13.5.